The number of aromatic nitrogens is 2. The van der Waals surface area contributed by atoms with Crippen LogP contribution in [0.5, 0.6) is 0 Å². The molecule has 0 aliphatic carbocycles. The van der Waals surface area contributed by atoms with Crippen LogP contribution in [0.25, 0.3) is 0 Å². The van der Waals surface area contributed by atoms with E-state index < -0.39 is 15.6 Å². The molecule has 8 heteroatoms. The second-order valence-electron chi connectivity index (χ2n) is 4.16. The summed E-state index contributed by atoms with van der Waals surface area (Å²) in [5.74, 6) is 0. The molecule has 0 saturated carbocycles. The van der Waals surface area contributed by atoms with Gasteiger partial charge in [-0.05, 0) is 19.8 Å². The highest BCUT2D eigenvalue weighted by atomic mass is 35.5. The average Bonchev–Trinajstić information content (AvgIpc) is 2.73. The van der Waals surface area contributed by atoms with E-state index in [1.165, 1.54) is 6.20 Å². The van der Waals surface area contributed by atoms with Crippen LogP contribution >= 0.6 is 12.4 Å². The van der Waals surface area contributed by atoms with Gasteiger partial charge in [0.15, 0.2) is 0 Å². The largest absolute Gasteiger partial charge is 0.329 e. The van der Waals surface area contributed by atoms with E-state index in [2.05, 4.69) is 14.9 Å². The number of nitrogens with one attached hydrogen (secondary N) is 2. The van der Waals surface area contributed by atoms with Gasteiger partial charge in [-0.25, -0.2) is 13.1 Å². The van der Waals surface area contributed by atoms with Gasteiger partial charge in [-0.3, -0.25) is 5.10 Å². The third-order valence-corrected chi connectivity index (χ3v) is 4.86. The second kappa shape index (κ2) is 6.51. The lowest BCUT2D eigenvalue weighted by molar-refractivity contribution is 0.363. The fourth-order valence-electron chi connectivity index (χ4n) is 1.68. The molecule has 0 atom stereocenters. The minimum atomic E-state index is -3.57. The molecule has 1 aromatic heterocycles. The first-order valence-electron chi connectivity index (χ1n) is 5.65. The van der Waals surface area contributed by atoms with E-state index in [0.717, 1.165) is 0 Å². The lowest BCUT2D eigenvalue weighted by Crippen LogP contribution is -2.52. The van der Waals surface area contributed by atoms with Crippen molar-refractivity contribution in [2.24, 2.45) is 5.73 Å². The fraction of sp³-hybridized carbons (Fsp3) is 0.700. The average molecular weight is 297 g/mol. The molecule has 0 radical (unpaired) electrons. The number of aryl methyl sites for hydroxylation is 1. The van der Waals surface area contributed by atoms with Crippen molar-refractivity contribution in [2.75, 3.05) is 6.54 Å². The number of H-pyrrole nitrogens is 1. The van der Waals surface area contributed by atoms with E-state index in [-0.39, 0.29) is 23.8 Å². The fourth-order valence-corrected chi connectivity index (χ4v) is 3.37. The van der Waals surface area contributed by atoms with E-state index in [4.69, 9.17) is 5.73 Å². The number of nitrogens with zero attached hydrogens (tertiary/aromatic N) is 1. The standard InChI is InChI=1S/C10H20N4O2S.ClH/c1-4-10(5-2,7-11)14-17(15,16)9-6-12-13-8(9)3;/h6,14H,4-5,7,11H2,1-3H3,(H,12,13);1H. The monoisotopic (exact) mass is 296 g/mol. The lowest BCUT2D eigenvalue weighted by atomic mass is 9.95. The maximum Gasteiger partial charge on any atom is 0.244 e. The molecule has 1 heterocycles. The molecule has 0 aliphatic heterocycles. The number of hydrogen-bond donors (Lipinski definition) is 3. The van der Waals surface area contributed by atoms with Gasteiger partial charge < -0.3 is 5.73 Å². The summed E-state index contributed by atoms with van der Waals surface area (Å²) >= 11 is 0. The summed E-state index contributed by atoms with van der Waals surface area (Å²) in [6, 6.07) is 0. The number of nitrogens with two attached hydrogens (primary N) is 1. The second-order valence-corrected chi connectivity index (χ2v) is 5.81. The van der Waals surface area contributed by atoms with Crippen molar-refractivity contribution < 1.29 is 8.42 Å². The zero-order valence-corrected chi connectivity index (χ0v) is 12.5. The molecule has 106 valence electrons. The molecule has 4 N–H and O–H groups in total. The predicted octanol–water partition coefficient (Wildman–Crippen LogP) is 0.936. The number of sulfonamides is 1. The maximum atomic E-state index is 12.2. The molecule has 18 heavy (non-hydrogen) atoms. The van der Waals surface area contributed by atoms with Crippen molar-refractivity contribution >= 4 is 22.4 Å². The van der Waals surface area contributed by atoms with Crippen molar-refractivity contribution in [3.63, 3.8) is 0 Å². The van der Waals surface area contributed by atoms with Gasteiger partial charge in [-0.2, -0.15) is 5.10 Å². The summed E-state index contributed by atoms with van der Waals surface area (Å²) in [4.78, 5) is 0.178. The number of aromatic amines is 1. The van der Waals surface area contributed by atoms with Gasteiger partial charge in [0.05, 0.1) is 11.9 Å². The van der Waals surface area contributed by atoms with Crippen LogP contribution in [-0.4, -0.2) is 30.7 Å². The van der Waals surface area contributed by atoms with Crippen LogP contribution in [0, 0.1) is 6.92 Å². The Morgan fingerprint density at radius 2 is 2.00 bits per heavy atom. The highest BCUT2D eigenvalue weighted by molar-refractivity contribution is 7.89. The quantitative estimate of drug-likeness (QED) is 0.727. The minimum absolute atomic E-state index is 0. The Balaban J connectivity index is 0.00000289. The minimum Gasteiger partial charge on any atom is -0.329 e. The Morgan fingerprint density at radius 3 is 2.33 bits per heavy atom. The lowest BCUT2D eigenvalue weighted by Gasteiger charge is -2.30. The van der Waals surface area contributed by atoms with Gasteiger partial charge in [0.2, 0.25) is 10.0 Å². The molecule has 0 aromatic carbocycles. The Kier molecular flexibility index (Phi) is 6.28. The first-order valence-corrected chi connectivity index (χ1v) is 7.13. The van der Waals surface area contributed by atoms with Gasteiger partial charge in [0, 0.05) is 12.1 Å². The number of halogens is 1. The molecule has 6 nitrogen and oxygen atoms in total. The summed E-state index contributed by atoms with van der Waals surface area (Å²) in [6.07, 6.45) is 2.61. The van der Waals surface area contributed by atoms with Crippen LogP contribution < -0.4 is 10.5 Å². The summed E-state index contributed by atoms with van der Waals surface area (Å²) in [7, 11) is -3.57. The van der Waals surface area contributed by atoms with Gasteiger partial charge in [-0.1, -0.05) is 13.8 Å². The van der Waals surface area contributed by atoms with E-state index in [0.29, 0.717) is 18.5 Å². The molecule has 0 spiro atoms. The van der Waals surface area contributed by atoms with Crippen LogP contribution in [0.3, 0.4) is 0 Å². The van der Waals surface area contributed by atoms with Crippen LogP contribution in [0.2, 0.25) is 0 Å². The van der Waals surface area contributed by atoms with Gasteiger partial charge >= 0.3 is 0 Å². The molecule has 0 fully saturated rings. The number of rotatable bonds is 6. The van der Waals surface area contributed by atoms with Crippen molar-refractivity contribution in [2.45, 2.75) is 44.0 Å². The summed E-state index contributed by atoms with van der Waals surface area (Å²) in [5.41, 5.74) is 5.62. The molecule has 0 saturated heterocycles. The van der Waals surface area contributed by atoms with E-state index in [1.807, 2.05) is 13.8 Å². The third kappa shape index (κ3) is 3.44. The molecule has 0 amide bonds. The maximum absolute atomic E-state index is 12.2. The topological polar surface area (TPSA) is 101 Å². The van der Waals surface area contributed by atoms with Crippen LogP contribution in [0.1, 0.15) is 32.4 Å². The van der Waals surface area contributed by atoms with Crippen molar-refractivity contribution in [3.8, 4) is 0 Å². The first kappa shape index (κ1) is 17.4. The molecular formula is C10H21ClN4O2S. The van der Waals surface area contributed by atoms with Gasteiger partial charge in [0.1, 0.15) is 4.90 Å². The molecule has 1 aromatic rings. The smallest absolute Gasteiger partial charge is 0.244 e. The highest BCUT2D eigenvalue weighted by Crippen LogP contribution is 2.19. The Bertz CT molecular complexity index is 460. The van der Waals surface area contributed by atoms with Gasteiger partial charge in [0.25, 0.3) is 0 Å². The Hall–Kier alpha value is -0.630. The predicted molar refractivity (Wildman–Crippen MR) is 73.3 cm³/mol. The summed E-state index contributed by atoms with van der Waals surface area (Å²) in [6.45, 7) is 5.78. The zero-order valence-electron chi connectivity index (χ0n) is 10.9. The zero-order chi connectivity index (χ0) is 13.1. The molecule has 1 rings (SSSR count). The molecule has 0 unspecified atom stereocenters. The SMILES string of the molecule is CCC(CC)(CN)NS(=O)(=O)c1cn[nH]c1C.Cl. The van der Waals surface area contributed by atoms with Crippen molar-refractivity contribution in [1.82, 2.24) is 14.9 Å². The van der Waals surface area contributed by atoms with E-state index in [9.17, 15) is 8.42 Å². The van der Waals surface area contributed by atoms with Gasteiger partial charge in [-0.15, -0.1) is 12.4 Å². The van der Waals surface area contributed by atoms with E-state index in [1.54, 1.807) is 6.92 Å². The molecule has 0 aliphatic rings. The van der Waals surface area contributed by atoms with E-state index >= 15 is 0 Å². The highest BCUT2D eigenvalue weighted by Gasteiger charge is 2.31. The Morgan fingerprint density at radius 1 is 1.44 bits per heavy atom. The Labute approximate surface area is 114 Å². The normalized spacial score (nSPS) is 12.2. The first-order chi connectivity index (χ1) is 7.90. The van der Waals surface area contributed by atoms with Crippen LogP contribution in [0.4, 0.5) is 0 Å². The van der Waals surface area contributed by atoms with Crippen LogP contribution in [-0.2, 0) is 10.0 Å². The summed E-state index contributed by atoms with van der Waals surface area (Å²) in [5, 5.41) is 6.33. The van der Waals surface area contributed by atoms with Crippen molar-refractivity contribution in [1.29, 1.82) is 0 Å². The van der Waals surface area contributed by atoms with Crippen molar-refractivity contribution in [3.05, 3.63) is 11.9 Å². The molecule has 0 bridgehead atoms. The summed E-state index contributed by atoms with van der Waals surface area (Å²) < 4.78 is 27.0. The third-order valence-electron chi connectivity index (χ3n) is 3.17. The van der Waals surface area contributed by atoms with Crippen LogP contribution in [0.15, 0.2) is 11.1 Å². The number of hydrogen-bond acceptors (Lipinski definition) is 4. The molecular weight excluding hydrogens is 276 g/mol.